The van der Waals surface area contributed by atoms with E-state index in [0.717, 1.165) is 28.1 Å². The second-order valence-electron chi connectivity index (χ2n) is 7.87. The Labute approximate surface area is 195 Å². The minimum Gasteiger partial charge on any atom is -0.298 e. The van der Waals surface area contributed by atoms with Gasteiger partial charge in [0.2, 0.25) is 0 Å². The fourth-order valence-corrected chi connectivity index (χ4v) is 6.13. The van der Waals surface area contributed by atoms with Crippen LogP contribution in [-0.2, 0) is 24.7 Å². The number of allylic oxidation sites excluding steroid dienone is 1. The number of halogens is 2. The highest BCUT2D eigenvalue weighted by atomic mass is 32.2. The lowest BCUT2D eigenvalue weighted by Gasteiger charge is -2.11. The highest BCUT2D eigenvalue weighted by Crippen LogP contribution is 2.34. The molecule has 1 saturated carbocycles. The number of sulfonamides is 1. The summed E-state index contributed by atoms with van der Waals surface area (Å²) in [6.45, 7) is 0. The van der Waals surface area contributed by atoms with Gasteiger partial charge in [0.1, 0.15) is 12.3 Å². The molecular formula is C20H23F2N3O5S3. The molecule has 0 spiro atoms. The van der Waals surface area contributed by atoms with Crippen molar-refractivity contribution in [2.45, 2.75) is 34.3 Å². The second kappa shape index (κ2) is 9.57. The maximum Gasteiger partial charge on any atom is 0.257 e. The van der Waals surface area contributed by atoms with E-state index in [1.807, 2.05) is 0 Å². The van der Waals surface area contributed by atoms with Crippen LogP contribution < -0.4 is 5.32 Å². The van der Waals surface area contributed by atoms with Crippen LogP contribution >= 0.6 is 11.3 Å². The van der Waals surface area contributed by atoms with Crippen molar-refractivity contribution in [3.63, 3.8) is 0 Å². The Morgan fingerprint density at radius 2 is 1.70 bits per heavy atom. The summed E-state index contributed by atoms with van der Waals surface area (Å²) in [7, 11) is -4.45. The van der Waals surface area contributed by atoms with Crippen LogP contribution in [0.25, 0.3) is 5.57 Å². The maximum atomic E-state index is 13.7. The van der Waals surface area contributed by atoms with Gasteiger partial charge < -0.3 is 0 Å². The Hall–Kier alpha value is -2.22. The number of alkyl halides is 2. The summed E-state index contributed by atoms with van der Waals surface area (Å²) in [4.78, 5) is 17.1. The van der Waals surface area contributed by atoms with E-state index in [9.17, 15) is 30.4 Å². The molecule has 1 fully saturated rings. The van der Waals surface area contributed by atoms with Gasteiger partial charge in [0.05, 0.1) is 11.1 Å². The smallest absolute Gasteiger partial charge is 0.257 e. The first kappa shape index (κ1) is 25.4. The zero-order valence-corrected chi connectivity index (χ0v) is 20.5. The van der Waals surface area contributed by atoms with Crippen molar-refractivity contribution < 1.29 is 30.4 Å². The molecule has 180 valence electrons. The molecular weight excluding hydrogens is 496 g/mol. The average Bonchev–Trinajstić information content (AvgIpc) is 3.32. The van der Waals surface area contributed by atoms with Gasteiger partial charge in [-0.05, 0) is 36.5 Å². The van der Waals surface area contributed by atoms with Gasteiger partial charge in [-0.1, -0.05) is 29.5 Å². The number of aromatic nitrogens is 1. The van der Waals surface area contributed by atoms with Gasteiger partial charge in [0.15, 0.2) is 19.2 Å². The summed E-state index contributed by atoms with van der Waals surface area (Å²) in [6, 6.07) is 5.53. The number of benzene rings is 1. The Morgan fingerprint density at radius 1 is 1.12 bits per heavy atom. The number of nitrogens with one attached hydrogen (secondary N) is 1. The third-order valence-corrected chi connectivity index (χ3v) is 9.42. The van der Waals surface area contributed by atoms with Crippen LogP contribution in [0.3, 0.4) is 0 Å². The molecule has 3 atom stereocenters. The fraction of sp³-hybridized carbons (Fsp3) is 0.400. The van der Waals surface area contributed by atoms with Crippen molar-refractivity contribution in [1.82, 2.24) is 9.29 Å². The van der Waals surface area contributed by atoms with Crippen molar-refractivity contribution >= 4 is 47.8 Å². The zero-order chi connectivity index (χ0) is 24.6. The van der Waals surface area contributed by atoms with Crippen molar-refractivity contribution in [2.24, 2.45) is 5.92 Å². The lowest BCUT2D eigenvalue weighted by Crippen LogP contribution is -2.21. The predicted molar refractivity (Wildman–Crippen MR) is 122 cm³/mol. The predicted octanol–water partition coefficient (Wildman–Crippen LogP) is 2.91. The van der Waals surface area contributed by atoms with E-state index >= 15 is 0 Å². The molecule has 8 nitrogen and oxygen atoms in total. The minimum atomic E-state index is -3.73. The van der Waals surface area contributed by atoms with Crippen molar-refractivity contribution in [3.05, 3.63) is 42.1 Å². The molecule has 0 saturated heterocycles. The molecule has 1 aliphatic rings. The average molecular weight is 520 g/mol. The van der Waals surface area contributed by atoms with E-state index in [4.69, 9.17) is 0 Å². The SMILES string of the molecule is CN(C)S(=O)(=O)c1cnc(NC(=O)C(=CC2C[C@@H](F)[C@@H](F)C2)c2ccc(S(C)(=O)=O)cc2)s1. The normalized spacial score (nSPS) is 22.0. The number of rotatable bonds is 7. The van der Waals surface area contributed by atoms with Crippen LogP contribution in [0.2, 0.25) is 0 Å². The topological polar surface area (TPSA) is 114 Å². The lowest BCUT2D eigenvalue weighted by molar-refractivity contribution is -0.111. The first-order valence-electron chi connectivity index (χ1n) is 9.79. The van der Waals surface area contributed by atoms with E-state index in [2.05, 4.69) is 10.3 Å². The Kier molecular flexibility index (Phi) is 7.36. The second-order valence-corrected chi connectivity index (χ2v) is 13.3. The molecule has 13 heteroatoms. The fourth-order valence-electron chi connectivity index (χ4n) is 3.31. The van der Waals surface area contributed by atoms with Crippen LogP contribution in [0.4, 0.5) is 13.9 Å². The summed E-state index contributed by atoms with van der Waals surface area (Å²) in [5.74, 6) is -1.20. The highest BCUT2D eigenvalue weighted by Gasteiger charge is 2.34. The molecule has 2 aromatic rings. The number of thiazole rings is 1. The van der Waals surface area contributed by atoms with Gasteiger partial charge in [0.25, 0.3) is 15.9 Å². The summed E-state index contributed by atoms with van der Waals surface area (Å²) in [6.07, 6.45) is 0.223. The number of nitrogens with zero attached hydrogens (tertiary/aromatic N) is 2. The van der Waals surface area contributed by atoms with Crippen LogP contribution in [0, 0.1) is 5.92 Å². The standard InChI is InChI=1S/C20H23F2N3O5S3/c1-25(2)33(29,30)18-11-23-20(31-18)24-19(26)15(8-12-9-16(21)17(22)10-12)13-4-6-14(7-5-13)32(3,27)28/h4-8,11-12,16-17H,9-10H2,1-3H3,(H,23,24,26)/t12?,16-,17+. The maximum absolute atomic E-state index is 13.7. The molecule has 1 amide bonds. The lowest BCUT2D eigenvalue weighted by atomic mass is 9.98. The minimum absolute atomic E-state index is 0.0252. The zero-order valence-electron chi connectivity index (χ0n) is 18.0. The Balaban J connectivity index is 1.93. The number of anilines is 1. The number of amides is 1. The molecule has 1 N–H and O–H groups in total. The van der Waals surface area contributed by atoms with Crippen LogP contribution in [0.15, 0.2) is 45.6 Å². The third-order valence-electron chi connectivity index (χ3n) is 5.13. The number of carbonyl (C=O) groups is 1. The molecule has 3 rings (SSSR count). The molecule has 1 heterocycles. The summed E-state index contributed by atoms with van der Waals surface area (Å²) in [5.41, 5.74) is 0.420. The Bertz CT molecular complexity index is 1260. The number of carbonyl (C=O) groups excluding carboxylic acids is 1. The van der Waals surface area contributed by atoms with Gasteiger partial charge >= 0.3 is 0 Å². The molecule has 1 unspecified atom stereocenters. The summed E-state index contributed by atoms with van der Waals surface area (Å²) >= 11 is 0.759. The summed E-state index contributed by atoms with van der Waals surface area (Å²) < 4.78 is 76.3. The first-order chi connectivity index (χ1) is 15.3. The van der Waals surface area contributed by atoms with Crippen LogP contribution in [-0.4, -0.2) is 64.7 Å². The highest BCUT2D eigenvalue weighted by molar-refractivity contribution is 7.91. The number of hydrogen-bond donors (Lipinski definition) is 1. The van der Waals surface area contributed by atoms with Crippen molar-refractivity contribution in [3.8, 4) is 0 Å². The van der Waals surface area contributed by atoms with E-state index in [1.54, 1.807) is 0 Å². The largest absolute Gasteiger partial charge is 0.298 e. The van der Waals surface area contributed by atoms with E-state index < -0.39 is 44.0 Å². The van der Waals surface area contributed by atoms with Gasteiger partial charge in [0, 0.05) is 25.9 Å². The molecule has 1 aromatic heterocycles. The van der Waals surface area contributed by atoms with E-state index in [1.165, 1.54) is 44.4 Å². The van der Waals surface area contributed by atoms with Crippen LogP contribution in [0.5, 0.6) is 0 Å². The first-order valence-corrected chi connectivity index (χ1v) is 13.9. The van der Waals surface area contributed by atoms with E-state index in [0.29, 0.717) is 5.56 Å². The van der Waals surface area contributed by atoms with E-state index in [-0.39, 0.29) is 32.7 Å². The summed E-state index contributed by atoms with van der Waals surface area (Å²) in [5, 5.41) is 2.55. The van der Waals surface area contributed by atoms with Gasteiger partial charge in [-0.3, -0.25) is 10.1 Å². The molecule has 1 aromatic carbocycles. The van der Waals surface area contributed by atoms with Crippen molar-refractivity contribution in [1.29, 1.82) is 0 Å². The monoisotopic (exact) mass is 519 g/mol. The Morgan fingerprint density at radius 3 is 2.21 bits per heavy atom. The molecule has 1 aliphatic carbocycles. The molecule has 33 heavy (non-hydrogen) atoms. The van der Waals surface area contributed by atoms with Gasteiger partial charge in [-0.15, -0.1) is 0 Å². The van der Waals surface area contributed by atoms with Gasteiger partial charge in [-0.25, -0.2) is 34.9 Å². The third kappa shape index (κ3) is 5.83. The number of sulfone groups is 1. The molecule has 0 aliphatic heterocycles. The number of hydrogen-bond acceptors (Lipinski definition) is 7. The quantitative estimate of drug-likeness (QED) is 0.563. The van der Waals surface area contributed by atoms with Crippen LogP contribution in [0.1, 0.15) is 18.4 Å². The molecule has 0 radical (unpaired) electrons. The van der Waals surface area contributed by atoms with Gasteiger partial charge in [-0.2, -0.15) is 0 Å². The molecule has 0 bridgehead atoms. The van der Waals surface area contributed by atoms with Crippen molar-refractivity contribution in [2.75, 3.05) is 25.7 Å².